The van der Waals surface area contributed by atoms with Crippen LogP contribution in [0.5, 0.6) is 0 Å². The van der Waals surface area contributed by atoms with E-state index in [0.29, 0.717) is 21.5 Å². The van der Waals surface area contributed by atoms with Crippen LogP contribution in [-0.4, -0.2) is 24.1 Å². The van der Waals surface area contributed by atoms with Crippen molar-refractivity contribution in [3.8, 4) is 0 Å². The number of urea groups is 1. The summed E-state index contributed by atoms with van der Waals surface area (Å²) in [5.74, 6) is -0.344. The molecular weight excluding hydrogens is 326 g/mol. The van der Waals surface area contributed by atoms with E-state index >= 15 is 0 Å². The van der Waals surface area contributed by atoms with E-state index in [9.17, 15) is 9.59 Å². The first-order valence-electron chi connectivity index (χ1n) is 6.34. The van der Waals surface area contributed by atoms with E-state index in [-0.39, 0.29) is 12.4 Å². The molecule has 0 saturated carbocycles. The number of amides is 2. The van der Waals surface area contributed by atoms with Gasteiger partial charge in [0, 0.05) is 15.6 Å². The van der Waals surface area contributed by atoms with Crippen molar-refractivity contribution in [3.63, 3.8) is 0 Å². The number of hydrogen-bond donors (Lipinski definition) is 2. The lowest BCUT2D eigenvalue weighted by Crippen LogP contribution is -2.19. The highest BCUT2D eigenvalue weighted by Crippen LogP contribution is 2.23. The van der Waals surface area contributed by atoms with Gasteiger partial charge in [-0.25, -0.2) is 9.78 Å². The lowest BCUT2D eigenvalue weighted by Gasteiger charge is -2.05. The highest BCUT2D eigenvalue weighted by Gasteiger charge is 2.13. The second kappa shape index (κ2) is 7.24. The molecule has 0 atom stereocenters. The number of carbonyl (C=O) groups is 2. The molecule has 0 aliphatic rings. The van der Waals surface area contributed by atoms with Crippen molar-refractivity contribution in [1.29, 1.82) is 0 Å². The van der Waals surface area contributed by atoms with E-state index in [0.717, 1.165) is 4.88 Å². The molecule has 8 heteroatoms. The van der Waals surface area contributed by atoms with E-state index < -0.39 is 6.03 Å². The first-order valence-corrected chi connectivity index (χ1v) is 7.54. The summed E-state index contributed by atoms with van der Waals surface area (Å²) in [4.78, 5) is 28.1. The van der Waals surface area contributed by atoms with Crippen LogP contribution in [0.25, 0.3) is 0 Å². The van der Waals surface area contributed by atoms with Crippen LogP contribution in [0.4, 0.5) is 15.6 Å². The second-order valence-corrected chi connectivity index (χ2v) is 5.89. The summed E-state index contributed by atoms with van der Waals surface area (Å²) in [6.45, 7) is 1.77. The molecule has 0 bridgehead atoms. The first kappa shape index (κ1) is 16.3. The number of nitrogens with one attached hydrogen (secondary N) is 2. The van der Waals surface area contributed by atoms with Crippen molar-refractivity contribution in [2.75, 3.05) is 17.7 Å². The molecule has 2 aromatic rings. The van der Waals surface area contributed by atoms with Crippen LogP contribution in [0.1, 0.15) is 10.6 Å². The first-order chi connectivity index (χ1) is 10.5. The minimum atomic E-state index is -0.416. The fraction of sp³-hybridized carbons (Fsp3) is 0.214. The number of halogens is 1. The number of ether oxygens (including phenoxy) is 1. The number of hydrogen-bond acceptors (Lipinski definition) is 5. The highest BCUT2D eigenvalue weighted by atomic mass is 35.5. The maximum Gasteiger partial charge on any atom is 0.325 e. The zero-order valence-corrected chi connectivity index (χ0v) is 13.5. The third-order valence-corrected chi connectivity index (χ3v) is 4.07. The molecule has 0 saturated heterocycles. The summed E-state index contributed by atoms with van der Waals surface area (Å²) in [7, 11) is 1.33. The minimum absolute atomic E-state index is 0.139. The molecule has 0 aliphatic carbocycles. The van der Waals surface area contributed by atoms with Crippen LogP contribution in [0.2, 0.25) is 5.02 Å². The number of nitrogens with zero attached hydrogens (tertiary/aromatic N) is 1. The zero-order chi connectivity index (χ0) is 16.1. The molecule has 22 heavy (non-hydrogen) atoms. The monoisotopic (exact) mass is 339 g/mol. The van der Waals surface area contributed by atoms with Gasteiger partial charge in [-0.15, -0.1) is 11.3 Å². The molecule has 6 nitrogen and oxygen atoms in total. The Hall–Kier alpha value is -2.12. The van der Waals surface area contributed by atoms with Gasteiger partial charge in [-0.3, -0.25) is 10.1 Å². The molecule has 1 heterocycles. The van der Waals surface area contributed by atoms with E-state index in [4.69, 9.17) is 11.6 Å². The summed E-state index contributed by atoms with van der Waals surface area (Å²) in [5, 5.41) is 6.31. The predicted octanol–water partition coefficient (Wildman–Crippen LogP) is 3.46. The molecule has 2 amide bonds. The second-order valence-electron chi connectivity index (χ2n) is 4.37. The van der Waals surface area contributed by atoms with Gasteiger partial charge in [-0.05, 0) is 31.2 Å². The Morgan fingerprint density at radius 3 is 2.59 bits per heavy atom. The average molecular weight is 340 g/mol. The summed E-state index contributed by atoms with van der Waals surface area (Å²) >= 11 is 7.02. The number of aromatic nitrogens is 1. The van der Waals surface area contributed by atoms with Crippen LogP contribution in [0.15, 0.2) is 24.3 Å². The molecule has 0 aliphatic heterocycles. The Morgan fingerprint density at radius 1 is 1.27 bits per heavy atom. The number of anilines is 2. The van der Waals surface area contributed by atoms with Crippen molar-refractivity contribution in [2.45, 2.75) is 13.3 Å². The molecule has 0 unspecified atom stereocenters. The van der Waals surface area contributed by atoms with Gasteiger partial charge in [0.05, 0.1) is 19.2 Å². The number of aryl methyl sites for hydroxylation is 1. The fourth-order valence-electron chi connectivity index (χ4n) is 1.64. The topological polar surface area (TPSA) is 80.3 Å². The van der Waals surface area contributed by atoms with Gasteiger partial charge in [0.15, 0.2) is 5.13 Å². The number of thiazole rings is 1. The smallest absolute Gasteiger partial charge is 0.325 e. The lowest BCUT2D eigenvalue weighted by atomic mass is 10.3. The van der Waals surface area contributed by atoms with Crippen LogP contribution in [0.3, 0.4) is 0 Å². The van der Waals surface area contributed by atoms with Crippen LogP contribution in [0, 0.1) is 6.92 Å². The average Bonchev–Trinajstić information content (AvgIpc) is 2.80. The van der Waals surface area contributed by atoms with Gasteiger partial charge in [-0.1, -0.05) is 11.6 Å². The number of esters is 1. The zero-order valence-electron chi connectivity index (χ0n) is 12.0. The van der Waals surface area contributed by atoms with Gasteiger partial charge < -0.3 is 10.1 Å². The fourth-order valence-corrected chi connectivity index (χ4v) is 2.71. The van der Waals surface area contributed by atoms with Crippen LogP contribution < -0.4 is 10.6 Å². The summed E-state index contributed by atoms with van der Waals surface area (Å²) < 4.78 is 4.62. The molecule has 116 valence electrons. The normalized spacial score (nSPS) is 10.1. The van der Waals surface area contributed by atoms with Gasteiger partial charge in [0.2, 0.25) is 0 Å². The molecule has 1 aromatic heterocycles. The highest BCUT2D eigenvalue weighted by molar-refractivity contribution is 7.16. The lowest BCUT2D eigenvalue weighted by molar-refractivity contribution is -0.139. The van der Waals surface area contributed by atoms with E-state index in [2.05, 4.69) is 20.4 Å². The van der Waals surface area contributed by atoms with Gasteiger partial charge in [-0.2, -0.15) is 0 Å². The summed E-state index contributed by atoms with van der Waals surface area (Å²) in [6.07, 6.45) is 0.139. The summed E-state index contributed by atoms with van der Waals surface area (Å²) in [5.41, 5.74) is 1.31. The Balaban J connectivity index is 1.98. The summed E-state index contributed by atoms with van der Waals surface area (Å²) in [6, 6.07) is 6.33. The van der Waals surface area contributed by atoms with Crippen molar-refractivity contribution in [1.82, 2.24) is 4.98 Å². The van der Waals surface area contributed by atoms with E-state index in [1.807, 2.05) is 0 Å². The Bertz CT molecular complexity index is 685. The SMILES string of the molecule is COC(=O)Cc1sc(NC(=O)Nc2ccc(Cl)cc2)nc1C. The quantitative estimate of drug-likeness (QED) is 0.836. The van der Waals surface area contributed by atoms with E-state index in [1.165, 1.54) is 18.4 Å². The number of carbonyl (C=O) groups excluding carboxylic acids is 2. The van der Waals surface area contributed by atoms with Gasteiger partial charge in [0.1, 0.15) is 0 Å². The maximum atomic E-state index is 11.9. The number of methoxy groups -OCH3 is 1. The van der Waals surface area contributed by atoms with Crippen LogP contribution >= 0.6 is 22.9 Å². The van der Waals surface area contributed by atoms with E-state index in [1.54, 1.807) is 31.2 Å². The molecule has 2 N–H and O–H groups in total. The van der Waals surface area contributed by atoms with Crippen LogP contribution in [-0.2, 0) is 16.0 Å². The molecule has 1 aromatic carbocycles. The van der Waals surface area contributed by atoms with Gasteiger partial charge in [0.25, 0.3) is 0 Å². The largest absolute Gasteiger partial charge is 0.469 e. The standard InChI is InChI=1S/C14H14ClN3O3S/c1-8-11(7-12(19)21-2)22-14(16-8)18-13(20)17-10-5-3-9(15)4-6-10/h3-6H,7H2,1-2H3,(H2,16,17,18,20). The minimum Gasteiger partial charge on any atom is -0.469 e. The van der Waals surface area contributed by atoms with Crippen molar-refractivity contribution in [3.05, 3.63) is 39.9 Å². The number of rotatable bonds is 4. The van der Waals surface area contributed by atoms with Crippen molar-refractivity contribution in [2.24, 2.45) is 0 Å². The maximum absolute atomic E-state index is 11.9. The molecule has 0 fully saturated rings. The third-order valence-electron chi connectivity index (χ3n) is 2.75. The molecule has 0 radical (unpaired) electrons. The molecule has 2 rings (SSSR count). The predicted molar refractivity (Wildman–Crippen MR) is 86.7 cm³/mol. The Morgan fingerprint density at radius 2 is 1.95 bits per heavy atom. The van der Waals surface area contributed by atoms with Crippen molar-refractivity contribution < 1.29 is 14.3 Å². The Kier molecular flexibility index (Phi) is 5.35. The van der Waals surface area contributed by atoms with Crippen molar-refractivity contribution >= 4 is 45.8 Å². The molecular formula is C14H14ClN3O3S. The van der Waals surface area contributed by atoms with Gasteiger partial charge >= 0.3 is 12.0 Å². The number of benzene rings is 1. The third kappa shape index (κ3) is 4.44. The Labute approximate surface area is 136 Å². The molecule has 0 spiro atoms.